The van der Waals surface area contributed by atoms with E-state index in [9.17, 15) is 22.0 Å². The van der Waals surface area contributed by atoms with Gasteiger partial charge < -0.3 is 10.8 Å². The second kappa shape index (κ2) is 4.20. The predicted octanol–water partition coefficient (Wildman–Crippen LogP) is 2.11. The number of nitrogens with two attached hydrogens (primary N) is 1. The molecule has 0 spiro atoms. The number of aliphatic hydroxyl groups excluding tert-OH is 1. The van der Waals surface area contributed by atoms with Crippen molar-refractivity contribution in [3.05, 3.63) is 22.9 Å². The van der Waals surface area contributed by atoms with Crippen molar-refractivity contribution in [2.75, 3.05) is 5.73 Å². The molecule has 0 aromatic carbocycles. The van der Waals surface area contributed by atoms with Crippen LogP contribution in [0.15, 0.2) is 6.07 Å². The average molecular weight is 242 g/mol. The lowest BCUT2D eigenvalue weighted by Gasteiger charge is -2.14. The van der Waals surface area contributed by atoms with E-state index in [0.717, 1.165) is 0 Å². The molecule has 16 heavy (non-hydrogen) atoms. The second-order valence-corrected chi connectivity index (χ2v) is 2.92. The summed E-state index contributed by atoms with van der Waals surface area (Å²) in [7, 11) is 0. The van der Waals surface area contributed by atoms with E-state index in [1.165, 1.54) is 0 Å². The first-order valence-corrected chi connectivity index (χ1v) is 4.03. The van der Waals surface area contributed by atoms with Gasteiger partial charge in [-0.3, -0.25) is 0 Å². The van der Waals surface area contributed by atoms with Crippen LogP contribution in [0.1, 0.15) is 23.2 Å². The average Bonchev–Trinajstić information content (AvgIpc) is 2.14. The van der Waals surface area contributed by atoms with Crippen LogP contribution in [0.2, 0.25) is 0 Å². The molecular formula is C8H7F5N2O. The van der Waals surface area contributed by atoms with Crippen molar-refractivity contribution >= 4 is 5.82 Å². The number of aromatic nitrogens is 1. The highest BCUT2D eigenvalue weighted by molar-refractivity contribution is 5.48. The lowest BCUT2D eigenvalue weighted by atomic mass is 10.1. The normalized spacial score (nSPS) is 12.2. The Labute approximate surface area is 86.7 Å². The Bertz CT molecular complexity index is 391. The highest BCUT2D eigenvalue weighted by Crippen LogP contribution is 2.36. The Morgan fingerprint density at radius 2 is 1.94 bits per heavy atom. The molecule has 1 rings (SSSR count). The van der Waals surface area contributed by atoms with Crippen molar-refractivity contribution in [1.29, 1.82) is 0 Å². The number of anilines is 1. The Balaban J connectivity index is 3.41. The summed E-state index contributed by atoms with van der Waals surface area (Å²) in [5.74, 6) is -1.06. The number of alkyl halides is 5. The molecule has 3 N–H and O–H groups in total. The van der Waals surface area contributed by atoms with Crippen molar-refractivity contribution < 1.29 is 27.1 Å². The molecule has 0 bridgehead atoms. The molecule has 0 aliphatic rings. The number of halogens is 5. The van der Waals surface area contributed by atoms with Crippen LogP contribution in [0.4, 0.5) is 27.8 Å². The van der Waals surface area contributed by atoms with Gasteiger partial charge in [-0.2, -0.15) is 13.2 Å². The van der Waals surface area contributed by atoms with Crippen molar-refractivity contribution in [2.45, 2.75) is 19.2 Å². The molecule has 0 radical (unpaired) electrons. The topological polar surface area (TPSA) is 59.1 Å². The summed E-state index contributed by atoms with van der Waals surface area (Å²) in [6.45, 7) is -1.04. The predicted molar refractivity (Wildman–Crippen MR) is 44.5 cm³/mol. The zero-order chi connectivity index (χ0) is 12.5. The van der Waals surface area contributed by atoms with Gasteiger partial charge in [0.2, 0.25) is 0 Å². The third-order valence-electron chi connectivity index (χ3n) is 1.83. The molecule has 0 fully saturated rings. The number of rotatable bonds is 2. The summed E-state index contributed by atoms with van der Waals surface area (Å²) in [5.41, 5.74) is 1.96. The smallest absolute Gasteiger partial charge is 0.392 e. The van der Waals surface area contributed by atoms with Crippen LogP contribution in [0.25, 0.3) is 0 Å². The van der Waals surface area contributed by atoms with Gasteiger partial charge in [0.05, 0.1) is 6.61 Å². The van der Waals surface area contributed by atoms with Crippen molar-refractivity contribution in [3.8, 4) is 0 Å². The number of nitrogen functional groups attached to an aromatic ring is 1. The van der Waals surface area contributed by atoms with Crippen molar-refractivity contribution in [2.24, 2.45) is 0 Å². The molecule has 90 valence electrons. The molecule has 1 aromatic rings. The van der Waals surface area contributed by atoms with Gasteiger partial charge in [0.15, 0.2) is 0 Å². The fourth-order valence-corrected chi connectivity index (χ4v) is 1.21. The molecule has 3 nitrogen and oxygen atoms in total. The highest BCUT2D eigenvalue weighted by Gasteiger charge is 2.37. The lowest BCUT2D eigenvalue weighted by molar-refractivity contribution is -0.138. The minimum Gasteiger partial charge on any atom is -0.392 e. The maximum atomic E-state index is 12.4. The monoisotopic (exact) mass is 242 g/mol. The number of hydrogen-bond donors (Lipinski definition) is 2. The first kappa shape index (κ1) is 12.6. The quantitative estimate of drug-likeness (QED) is 0.781. The van der Waals surface area contributed by atoms with Crippen molar-refractivity contribution in [1.82, 2.24) is 4.98 Å². The van der Waals surface area contributed by atoms with E-state index in [1.54, 1.807) is 0 Å². The first-order chi connectivity index (χ1) is 7.27. The Hall–Kier alpha value is -1.44. The van der Waals surface area contributed by atoms with Crippen LogP contribution < -0.4 is 5.73 Å². The maximum Gasteiger partial charge on any atom is 0.420 e. The summed E-state index contributed by atoms with van der Waals surface area (Å²) >= 11 is 0. The third-order valence-corrected chi connectivity index (χ3v) is 1.83. The molecule has 1 aromatic heterocycles. The number of pyridine rings is 1. The zero-order valence-corrected chi connectivity index (χ0v) is 7.72. The highest BCUT2D eigenvalue weighted by atomic mass is 19.4. The third kappa shape index (κ3) is 2.38. The summed E-state index contributed by atoms with van der Waals surface area (Å²) in [6, 6.07) is 0.490. The van der Waals surface area contributed by atoms with E-state index >= 15 is 0 Å². The molecule has 0 saturated heterocycles. The largest absolute Gasteiger partial charge is 0.420 e. The van der Waals surface area contributed by atoms with Gasteiger partial charge in [0.1, 0.15) is 17.1 Å². The minimum atomic E-state index is -4.84. The summed E-state index contributed by atoms with van der Waals surface area (Å²) < 4.78 is 61.7. The van der Waals surface area contributed by atoms with Gasteiger partial charge in [0.25, 0.3) is 6.43 Å². The van der Waals surface area contributed by atoms with Gasteiger partial charge in [0, 0.05) is 0 Å². The fraction of sp³-hybridized carbons (Fsp3) is 0.375. The van der Waals surface area contributed by atoms with Gasteiger partial charge in [-0.15, -0.1) is 0 Å². The molecule has 0 aliphatic heterocycles. The van der Waals surface area contributed by atoms with Gasteiger partial charge in [-0.1, -0.05) is 0 Å². The van der Waals surface area contributed by atoms with Gasteiger partial charge in [-0.25, -0.2) is 13.8 Å². The van der Waals surface area contributed by atoms with Crippen LogP contribution >= 0.6 is 0 Å². The lowest BCUT2D eigenvalue weighted by Crippen LogP contribution is -2.15. The van der Waals surface area contributed by atoms with Crippen LogP contribution in [0, 0.1) is 0 Å². The fourth-order valence-electron chi connectivity index (χ4n) is 1.21. The van der Waals surface area contributed by atoms with Crippen LogP contribution in [-0.2, 0) is 12.8 Å². The van der Waals surface area contributed by atoms with Crippen molar-refractivity contribution in [3.63, 3.8) is 0 Å². The number of nitrogens with zero attached hydrogens (tertiary/aromatic N) is 1. The molecule has 0 saturated carbocycles. The maximum absolute atomic E-state index is 12.4. The molecular weight excluding hydrogens is 235 g/mol. The van der Waals surface area contributed by atoms with E-state index in [0.29, 0.717) is 6.07 Å². The molecule has 0 amide bonds. The van der Waals surface area contributed by atoms with Crippen LogP contribution in [-0.4, -0.2) is 10.1 Å². The molecule has 0 unspecified atom stereocenters. The SMILES string of the molecule is Nc1nc(C(F)F)cc(CO)c1C(F)(F)F. The summed E-state index contributed by atoms with van der Waals surface area (Å²) in [4.78, 5) is 2.94. The van der Waals surface area contributed by atoms with E-state index in [-0.39, 0.29) is 0 Å². The van der Waals surface area contributed by atoms with E-state index in [2.05, 4.69) is 4.98 Å². The molecule has 0 aliphatic carbocycles. The molecule has 8 heteroatoms. The first-order valence-electron chi connectivity index (χ1n) is 4.03. The van der Waals surface area contributed by atoms with Crippen LogP contribution in [0.3, 0.4) is 0 Å². The van der Waals surface area contributed by atoms with Gasteiger partial charge in [-0.05, 0) is 11.6 Å². The number of hydrogen-bond acceptors (Lipinski definition) is 3. The zero-order valence-electron chi connectivity index (χ0n) is 7.72. The minimum absolute atomic E-state index is 0.490. The Morgan fingerprint density at radius 3 is 2.31 bits per heavy atom. The second-order valence-electron chi connectivity index (χ2n) is 2.92. The van der Waals surface area contributed by atoms with E-state index in [1.807, 2.05) is 0 Å². The Kier molecular flexibility index (Phi) is 3.32. The molecule has 0 atom stereocenters. The molecule has 1 heterocycles. The van der Waals surface area contributed by atoms with E-state index < -0.39 is 41.8 Å². The Morgan fingerprint density at radius 1 is 1.38 bits per heavy atom. The van der Waals surface area contributed by atoms with Gasteiger partial charge >= 0.3 is 6.18 Å². The van der Waals surface area contributed by atoms with Crippen LogP contribution in [0.5, 0.6) is 0 Å². The van der Waals surface area contributed by atoms with E-state index in [4.69, 9.17) is 10.8 Å². The number of aliphatic hydroxyl groups is 1. The summed E-state index contributed by atoms with van der Waals surface area (Å²) in [6.07, 6.45) is -7.88. The summed E-state index contributed by atoms with van der Waals surface area (Å²) in [5, 5.41) is 8.68. The standard InChI is InChI=1S/C8H7F5N2O/c9-6(10)4-1-3(2-16)5(7(14)15-4)8(11,12)13/h1,6,16H,2H2,(H2,14,15).